The van der Waals surface area contributed by atoms with Crippen molar-refractivity contribution in [2.45, 2.75) is 12.1 Å². The third-order valence-corrected chi connectivity index (χ3v) is 5.99. The summed E-state index contributed by atoms with van der Waals surface area (Å²) in [5.74, 6) is 0.135. The lowest BCUT2D eigenvalue weighted by Crippen LogP contribution is -2.14. The number of nitrogens with one attached hydrogen (secondary N) is 1. The van der Waals surface area contributed by atoms with Gasteiger partial charge in [0, 0.05) is 28.7 Å². The van der Waals surface area contributed by atoms with Crippen LogP contribution in [-0.4, -0.2) is 35.9 Å². The van der Waals surface area contributed by atoms with Crippen LogP contribution in [0.15, 0.2) is 72.1 Å². The third-order valence-electron chi connectivity index (χ3n) is 4.79. The Hall–Kier alpha value is -3.36. The van der Waals surface area contributed by atoms with Gasteiger partial charge in [0.2, 0.25) is 5.91 Å². The van der Waals surface area contributed by atoms with E-state index in [2.05, 4.69) is 20.6 Å². The zero-order valence-corrected chi connectivity index (χ0v) is 18.1. The Morgan fingerprint density at radius 2 is 1.84 bits per heavy atom. The van der Waals surface area contributed by atoms with E-state index in [0.29, 0.717) is 15.8 Å². The van der Waals surface area contributed by atoms with E-state index in [9.17, 15) is 4.79 Å². The third kappa shape index (κ3) is 3.99. The summed E-state index contributed by atoms with van der Waals surface area (Å²) < 4.78 is 3.64. The smallest absolute Gasteiger partial charge is 0.234 e. The number of carbonyl (C=O) groups excluding carboxylic acids is 1. The fourth-order valence-electron chi connectivity index (χ4n) is 3.22. The lowest BCUT2D eigenvalue weighted by Gasteiger charge is -2.05. The van der Waals surface area contributed by atoms with Crippen LogP contribution < -0.4 is 5.32 Å². The highest BCUT2D eigenvalue weighted by Crippen LogP contribution is 2.25. The number of amides is 1. The first-order valence-electron chi connectivity index (χ1n) is 9.55. The second-order valence-corrected chi connectivity index (χ2v) is 8.42. The topological polar surface area (TPSA) is 76.6 Å². The van der Waals surface area contributed by atoms with Crippen LogP contribution in [0.5, 0.6) is 0 Å². The van der Waals surface area contributed by atoms with Gasteiger partial charge in [-0.15, -0.1) is 10.2 Å². The number of thioether (sulfide) groups is 1. The summed E-state index contributed by atoms with van der Waals surface area (Å²) in [4.78, 5) is 12.3. The number of benzene rings is 2. The number of carbonyl (C=O) groups is 1. The SMILES string of the molecule is Cc1ccc(NC(=O)CSc2nnc3c4cc(-c5ccc(Cl)cc5)nn4ccn23)cc1. The molecule has 3 aromatic heterocycles. The Kier molecular flexibility index (Phi) is 5.09. The average Bonchev–Trinajstić information content (AvgIpc) is 3.38. The molecule has 0 radical (unpaired) electrons. The number of aromatic nitrogens is 5. The Balaban J connectivity index is 1.36. The number of hydrogen-bond donors (Lipinski definition) is 1. The van der Waals surface area contributed by atoms with E-state index in [0.717, 1.165) is 28.0 Å². The summed E-state index contributed by atoms with van der Waals surface area (Å²) in [6.07, 6.45) is 3.70. The molecule has 9 heteroatoms. The maximum absolute atomic E-state index is 12.3. The summed E-state index contributed by atoms with van der Waals surface area (Å²) in [7, 11) is 0. The van der Waals surface area contributed by atoms with Crippen molar-refractivity contribution in [3.63, 3.8) is 0 Å². The Labute approximate surface area is 187 Å². The van der Waals surface area contributed by atoms with Crippen LogP contribution in [0.4, 0.5) is 5.69 Å². The van der Waals surface area contributed by atoms with Gasteiger partial charge in [-0.05, 0) is 37.3 Å². The number of hydrogen-bond acceptors (Lipinski definition) is 5. The summed E-state index contributed by atoms with van der Waals surface area (Å²) >= 11 is 7.32. The van der Waals surface area contributed by atoms with Crippen LogP contribution in [0.1, 0.15) is 5.56 Å². The first-order valence-corrected chi connectivity index (χ1v) is 10.9. The van der Waals surface area contributed by atoms with Crippen LogP contribution in [-0.2, 0) is 4.79 Å². The van der Waals surface area contributed by atoms with Gasteiger partial charge in [-0.1, -0.05) is 53.2 Å². The van der Waals surface area contributed by atoms with Crippen LogP contribution in [0.25, 0.3) is 22.4 Å². The molecule has 0 bridgehead atoms. The Morgan fingerprint density at radius 3 is 2.61 bits per heavy atom. The molecule has 0 spiro atoms. The van der Waals surface area contributed by atoms with Crippen molar-refractivity contribution < 1.29 is 4.79 Å². The molecule has 5 aromatic rings. The van der Waals surface area contributed by atoms with E-state index >= 15 is 0 Å². The van der Waals surface area contributed by atoms with Gasteiger partial charge in [-0.25, -0.2) is 4.52 Å². The molecule has 0 unspecified atom stereocenters. The van der Waals surface area contributed by atoms with Crippen LogP contribution in [0.2, 0.25) is 5.02 Å². The monoisotopic (exact) mass is 448 g/mol. The highest BCUT2D eigenvalue weighted by molar-refractivity contribution is 7.99. The van der Waals surface area contributed by atoms with E-state index in [1.54, 1.807) is 4.52 Å². The molecule has 0 saturated carbocycles. The molecule has 5 rings (SSSR count). The molecule has 2 aromatic carbocycles. The average molecular weight is 449 g/mol. The number of aryl methyl sites for hydroxylation is 1. The largest absolute Gasteiger partial charge is 0.325 e. The van der Waals surface area contributed by atoms with E-state index in [4.69, 9.17) is 11.6 Å². The molecule has 0 atom stereocenters. The van der Waals surface area contributed by atoms with Crippen LogP contribution in [0, 0.1) is 6.92 Å². The molecule has 0 fully saturated rings. The number of anilines is 1. The van der Waals surface area contributed by atoms with Crippen molar-refractivity contribution in [2.24, 2.45) is 0 Å². The quantitative estimate of drug-likeness (QED) is 0.393. The van der Waals surface area contributed by atoms with Crippen molar-refractivity contribution in [2.75, 3.05) is 11.1 Å². The molecule has 1 N–H and O–H groups in total. The predicted molar refractivity (Wildman–Crippen MR) is 123 cm³/mol. The number of rotatable bonds is 5. The molecule has 1 amide bonds. The molecule has 0 aliphatic rings. The molecule has 31 heavy (non-hydrogen) atoms. The zero-order valence-electron chi connectivity index (χ0n) is 16.5. The first-order chi connectivity index (χ1) is 15.1. The number of fused-ring (bicyclic) bond motifs is 3. The van der Waals surface area contributed by atoms with Crippen LogP contribution >= 0.6 is 23.4 Å². The minimum absolute atomic E-state index is 0.0962. The summed E-state index contributed by atoms with van der Waals surface area (Å²) in [5.41, 5.74) is 5.21. The first kappa shape index (κ1) is 19.6. The van der Waals surface area contributed by atoms with Crippen molar-refractivity contribution in [1.82, 2.24) is 24.2 Å². The molecule has 0 saturated heterocycles. The Bertz CT molecular complexity index is 1390. The normalized spacial score (nSPS) is 11.3. The molecular formula is C22H17ClN6OS. The van der Waals surface area contributed by atoms with Gasteiger partial charge in [0.05, 0.1) is 11.4 Å². The lowest BCUT2D eigenvalue weighted by atomic mass is 10.1. The molecule has 0 aliphatic heterocycles. The standard InChI is InChI=1S/C22H17ClN6OS/c1-14-2-8-17(9-3-14)24-20(30)13-31-22-26-25-21-19-12-18(15-4-6-16(23)7-5-15)27-29(19)11-10-28(21)22/h2-12H,13H2,1H3,(H,24,30). The van der Waals surface area contributed by atoms with E-state index in [1.807, 2.05) is 78.3 Å². The van der Waals surface area contributed by atoms with Crippen molar-refractivity contribution in [3.8, 4) is 11.3 Å². The fraction of sp³-hybridized carbons (Fsp3) is 0.0909. The molecule has 154 valence electrons. The van der Waals surface area contributed by atoms with E-state index in [1.165, 1.54) is 11.8 Å². The van der Waals surface area contributed by atoms with Gasteiger partial charge in [0.1, 0.15) is 5.52 Å². The van der Waals surface area contributed by atoms with E-state index < -0.39 is 0 Å². The molecular weight excluding hydrogens is 432 g/mol. The summed E-state index contributed by atoms with van der Waals surface area (Å²) in [5, 5.41) is 17.4. The van der Waals surface area contributed by atoms with Gasteiger partial charge in [0.15, 0.2) is 10.8 Å². The van der Waals surface area contributed by atoms with Crippen molar-refractivity contribution >= 4 is 46.1 Å². The van der Waals surface area contributed by atoms with E-state index in [-0.39, 0.29) is 11.7 Å². The van der Waals surface area contributed by atoms with Gasteiger partial charge < -0.3 is 5.32 Å². The lowest BCUT2D eigenvalue weighted by molar-refractivity contribution is -0.113. The molecule has 0 aliphatic carbocycles. The summed E-state index contributed by atoms with van der Waals surface area (Å²) in [6.45, 7) is 2.01. The maximum atomic E-state index is 12.3. The number of halogens is 1. The van der Waals surface area contributed by atoms with Gasteiger partial charge in [-0.3, -0.25) is 9.20 Å². The van der Waals surface area contributed by atoms with Crippen LogP contribution in [0.3, 0.4) is 0 Å². The predicted octanol–water partition coefficient (Wildman–Crippen LogP) is 4.74. The maximum Gasteiger partial charge on any atom is 0.234 e. The summed E-state index contributed by atoms with van der Waals surface area (Å²) in [6, 6.07) is 17.2. The second-order valence-electron chi connectivity index (χ2n) is 7.04. The minimum atomic E-state index is -0.0962. The second kappa shape index (κ2) is 8.05. The highest BCUT2D eigenvalue weighted by atomic mass is 35.5. The fourth-order valence-corrected chi connectivity index (χ4v) is 4.06. The van der Waals surface area contributed by atoms with Crippen molar-refractivity contribution in [1.29, 1.82) is 0 Å². The van der Waals surface area contributed by atoms with Gasteiger partial charge in [-0.2, -0.15) is 5.10 Å². The molecule has 7 nitrogen and oxygen atoms in total. The molecule has 3 heterocycles. The number of nitrogens with zero attached hydrogens (tertiary/aromatic N) is 5. The van der Waals surface area contributed by atoms with Gasteiger partial charge >= 0.3 is 0 Å². The zero-order chi connectivity index (χ0) is 21.4. The van der Waals surface area contributed by atoms with Gasteiger partial charge in [0.25, 0.3) is 0 Å². The Morgan fingerprint density at radius 1 is 1.06 bits per heavy atom. The highest BCUT2D eigenvalue weighted by Gasteiger charge is 2.14. The van der Waals surface area contributed by atoms with Crippen molar-refractivity contribution in [3.05, 3.63) is 77.6 Å². The minimum Gasteiger partial charge on any atom is -0.325 e.